The zero-order valence-corrected chi connectivity index (χ0v) is 26.3. The lowest BCUT2D eigenvalue weighted by Gasteiger charge is -2.40. The van der Waals surface area contributed by atoms with E-state index in [0.717, 1.165) is 37.1 Å². The van der Waals surface area contributed by atoms with Gasteiger partial charge in [0.2, 0.25) is 0 Å². The normalized spacial score (nSPS) is 16.2. The molecule has 1 unspecified atom stereocenters. The maximum atomic E-state index is 13.6. The maximum absolute atomic E-state index is 13.6. The average Bonchev–Trinajstić information content (AvgIpc) is 2.97. The molecule has 0 aromatic heterocycles. The molecule has 0 amide bonds. The van der Waals surface area contributed by atoms with Gasteiger partial charge in [-0.25, -0.2) is 0 Å². The van der Waals surface area contributed by atoms with Gasteiger partial charge in [0, 0.05) is 50.6 Å². The summed E-state index contributed by atoms with van der Waals surface area (Å²) in [6.45, 7) is 10.5. The van der Waals surface area contributed by atoms with Gasteiger partial charge in [-0.3, -0.25) is 14.6 Å². The minimum Gasteiger partial charge on any atom is -0.492 e. The third-order valence-electron chi connectivity index (χ3n) is 7.70. The number of benzene rings is 2. The smallest absolute Gasteiger partial charge is 0.417 e. The molecule has 0 saturated carbocycles. The highest BCUT2D eigenvalue weighted by Gasteiger charge is 2.36. The van der Waals surface area contributed by atoms with Gasteiger partial charge in [-0.1, -0.05) is 6.92 Å². The van der Waals surface area contributed by atoms with Gasteiger partial charge in [0.05, 0.1) is 29.3 Å². The molecule has 1 heterocycles. The molecule has 1 N–H and O–H groups in total. The van der Waals surface area contributed by atoms with Gasteiger partial charge in [0.15, 0.2) is 5.11 Å². The molecule has 0 radical (unpaired) electrons. The van der Waals surface area contributed by atoms with Gasteiger partial charge in [-0.05, 0) is 81.4 Å². The molecule has 13 heteroatoms. The fourth-order valence-electron chi connectivity index (χ4n) is 5.16. The van der Waals surface area contributed by atoms with E-state index < -0.39 is 28.8 Å². The summed E-state index contributed by atoms with van der Waals surface area (Å²) in [5.74, 6) is -0.171. The van der Waals surface area contributed by atoms with E-state index in [1.54, 1.807) is 36.9 Å². The average molecular weight is 634 g/mol. The Bertz CT molecular complexity index is 1410. The van der Waals surface area contributed by atoms with Crippen LogP contribution in [0.25, 0.3) is 0 Å². The Morgan fingerprint density at radius 1 is 1.20 bits per heavy atom. The van der Waals surface area contributed by atoms with Crippen LogP contribution in [0.15, 0.2) is 36.4 Å². The minimum atomic E-state index is -4.73. The number of carbonyl (C=O) groups excluding carboxylic acids is 1. The first-order valence-corrected chi connectivity index (χ1v) is 14.6. The van der Waals surface area contributed by atoms with Gasteiger partial charge in [0.1, 0.15) is 18.6 Å². The number of aldehydes is 1. The maximum Gasteiger partial charge on any atom is 0.417 e. The monoisotopic (exact) mass is 633 g/mol. The van der Waals surface area contributed by atoms with Crippen LogP contribution >= 0.6 is 12.2 Å². The number of halogens is 3. The van der Waals surface area contributed by atoms with Crippen LogP contribution in [0.2, 0.25) is 0 Å². The SMILES string of the molecule is CCc1cc(N(C(=S)N(C)c2ccc(C#N)c(C(F)(F)F)c2)C(C)(C)C=O)ccc1OCCN1CCN(CC(=O)O)C(C)C1. The summed E-state index contributed by atoms with van der Waals surface area (Å²) in [5, 5.41) is 18.3. The van der Waals surface area contributed by atoms with Gasteiger partial charge < -0.3 is 24.4 Å². The van der Waals surface area contributed by atoms with Crippen LogP contribution in [0.4, 0.5) is 24.5 Å². The number of hydrogen-bond donors (Lipinski definition) is 1. The Balaban J connectivity index is 1.80. The molecule has 0 spiro atoms. The van der Waals surface area contributed by atoms with Crippen LogP contribution < -0.4 is 14.5 Å². The van der Waals surface area contributed by atoms with Crippen molar-refractivity contribution in [3.05, 3.63) is 53.1 Å². The highest BCUT2D eigenvalue weighted by atomic mass is 32.1. The number of carbonyl (C=O) groups is 2. The van der Waals surface area contributed by atoms with Crippen LogP contribution in [0.5, 0.6) is 5.75 Å². The number of anilines is 2. The van der Waals surface area contributed by atoms with E-state index in [1.165, 1.54) is 18.0 Å². The van der Waals surface area contributed by atoms with E-state index in [4.69, 9.17) is 27.3 Å². The number of piperazine rings is 1. The lowest BCUT2D eigenvalue weighted by molar-refractivity contribution is -0.139. The van der Waals surface area contributed by atoms with Crippen molar-refractivity contribution in [3.63, 3.8) is 0 Å². The number of rotatable bonds is 11. The Morgan fingerprint density at radius 2 is 1.89 bits per heavy atom. The molecule has 1 aliphatic heterocycles. The fraction of sp³-hybridized carbons (Fsp3) is 0.484. The van der Waals surface area contributed by atoms with Crippen molar-refractivity contribution in [1.82, 2.24) is 9.80 Å². The van der Waals surface area contributed by atoms with Crippen molar-refractivity contribution in [2.45, 2.75) is 51.9 Å². The number of ether oxygens (including phenoxy) is 1. The molecular formula is C31H38F3N5O4S. The van der Waals surface area contributed by atoms with E-state index >= 15 is 0 Å². The molecule has 3 rings (SSSR count). The van der Waals surface area contributed by atoms with E-state index in [1.807, 2.05) is 24.8 Å². The number of nitrogens with zero attached hydrogens (tertiary/aromatic N) is 5. The molecule has 0 aliphatic carbocycles. The zero-order chi connectivity index (χ0) is 32.8. The third-order valence-corrected chi connectivity index (χ3v) is 8.15. The molecule has 238 valence electrons. The van der Waals surface area contributed by atoms with Crippen LogP contribution in [0.3, 0.4) is 0 Å². The van der Waals surface area contributed by atoms with Crippen LogP contribution in [-0.4, -0.2) is 90.2 Å². The van der Waals surface area contributed by atoms with Gasteiger partial charge in [0.25, 0.3) is 0 Å². The molecule has 1 aliphatic rings. The topological polar surface area (TPSA) is 100 Å². The highest BCUT2D eigenvalue weighted by Crippen LogP contribution is 2.36. The fourth-order valence-corrected chi connectivity index (χ4v) is 5.61. The number of thiocarbonyl (C=S) groups is 1. The Kier molecular flexibility index (Phi) is 11.3. The molecule has 2 aromatic carbocycles. The number of aliphatic carboxylic acids is 1. The molecule has 1 atom stereocenters. The molecular weight excluding hydrogens is 595 g/mol. The predicted molar refractivity (Wildman–Crippen MR) is 166 cm³/mol. The Labute approximate surface area is 261 Å². The van der Waals surface area contributed by atoms with Crippen LogP contribution in [0.1, 0.15) is 44.4 Å². The van der Waals surface area contributed by atoms with Crippen molar-refractivity contribution in [2.24, 2.45) is 0 Å². The molecule has 1 saturated heterocycles. The molecule has 44 heavy (non-hydrogen) atoms. The zero-order valence-electron chi connectivity index (χ0n) is 25.5. The first-order chi connectivity index (χ1) is 20.6. The lowest BCUT2D eigenvalue weighted by Crippen LogP contribution is -2.54. The highest BCUT2D eigenvalue weighted by molar-refractivity contribution is 7.80. The largest absolute Gasteiger partial charge is 0.492 e. The molecule has 9 nitrogen and oxygen atoms in total. The number of carboxylic acid groups (broad SMARTS) is 1. The van der Waals surface area contributed by atoms with Gasteiger partial charge >= 0.3 is 12.1 Å². The standard InChI is InChI=1S/C31H38F3N5O4S/c1-6-22-15-25(9-10-27(22)43-14-13-37-11-12-38(19-28(41)42)21(2)18-37)39(30(3,4)20-40)29(44)36(5)24-8-7-23(17-35)26(16-24)31(32,33)34/h7-10,15-16,20-21H,6,11-14,18-19H2,1-5H3,(H,41,42). The van der Waals surface area contributed by atoms with Crippen molar-refractivity contribution in [2.75, 3.05) is 56.2 Å². The summed E-state index contributed by atoms with van der Waals surface area (Å²) in [5.41, 5.74) is -1.18. The Hall–Kier alpha value is -3.73. The van der Waals surface area contributed by atoms with E-state index in [-0.39, 0.29) is 23.4 Å². The Morgan fingerprint density at radius 3 is 2.45 bits per heavy atom. The minimum absolute atomic E-state index is 0.0247. The summed E-state index contributed by atoms with van der Waals surface area (Å²) in [7, 11) is 1.51. The first-order valence-electron chi connectivity index (χ1n) is 14.2. The summed E-state index contributed by atoms with van der Waals surface area (Å²) in [6, 6.07) is 10.5. The van der Waals surface area contributed by atoms with E-state index in [9.17, 15) is 22.8 Å². The quantitative estimate of drug-likeness (QED) is 0.274. The number of alkyl halides is 3. The molecule has 0 bridgehead atoms. The van der Waals surface area contributed by atoms with E-state index in [0.29, 0.717) is 37.6 Å². The van der Waals surface area contributed by atoms with Gasteiger partial charge in [-0.2, -0.15) is 18.4 Å². The van der Waals surface area contributed by atoms with Crippen molar-refractivity contribution >= 4 is 41.0 Å². The first kappa shape index (κ1) is 34.8. The number of nitriles is 1. The summed E-state index contributed by atoms with van der Waals surface area (Å²) in [4.78, 5) is 30.4. The second-order valence-corrected chi connectivity index (χ2v) is 11.7. The van der Waals surface area contributed by atoms with Crippen molar-refractivity contribution in [3.8, 4) is 11.8 Å². The number of carboxylic acids is 1. The van der Waals surface area contributed by atoms with Crippen LogP contribution in [0, 0.1) is 11.3 Å². The molecule has 2 aromatic rings. The second kappa shape index (κ2) is 14.4. The van der Waals surface area contributed by atoms with Gasteiger partial charge in [-0.15, -0.1) is 0 Å². The van der Waals surface area contributed by atoms with E-state index in [2.05, 4.69) is 4.90 Å². The second-order valence-electron chi connectivity index (χ2n) is 11.3. The van der Waals surface area contributed by atoms with Crippen LogP contribution in [-0.2, 0) is 22.2 Å². The van der Waals surface area contributed by atoms with Crippen molar-refractivity contribution < 1.29 is 32.6 Å². The summed E-state index contributed by atoms with van der Waals surface area (Å²) < 4.78 is 47.1. The summed E-state index contributed by atoms with van der Waals surface area (Å²) >= 11 is 5.74. The molecule has 1 fully saturated rings. The predicted octanol–water partition coefficient (Wildman–Crippen LogP) is 4.81. The van der Waals surface area contributed by atoms with Crippen molar-refractivity contribution in [1.29, 1.82) is 5.26 Å². The number of aryl methyl sites for hydroxylation is 1. The summed E-state index contributed by atoms with van der Waals surface area (Å²) in [6.07, 6.45) is -3.40. The lowest BCUT2D eigenvalue weighted by atomic mass is 10.0. The third kappa shape index (κ3) is 8.25. The number of hydrogen-bond acceptors (Lipinski definition) is 7.